The van der Waals surface area contributed by atoms with Crippen molar-refractivity contribution < 1.29 is 31.1 Å². The van der Waals surface area contributed by atoms with Crippen molar-refractivity contribution in [1.29, 1.82) is 0 Å². The maximum atomic E-state index is 13.8. The fourth-order valence-corrected chi connectivity index (χ4v) is 3.91. The van der Waals surface area contributed by atoms with Crippen LogP contribution < -0.4 is 15.4 Å². The minimum absolute atomic E-state index is 0.0693. The highest BCUT2D eigenvalue weighted by molar-refractivity contribution is 5.94. The minimum atomic E-state index is -4.64. The molecule has 0 aromatic heterocycles. The molecule has 0 radical (unpaired) electrons. The first-order chi connectivity index (χ1) is 16.6. The van der Waals surface area contributed by atoms with Gasteiger partial charge in [0.25, 0.3) is 0 Å². The summed E-state index contributed by atoms with van der Waals surface area (Å²) in [5, 5.41) is 6.49. The number of nitrogens with one attached hydrogen (secondary N) is 2. The summed E-state index contributed by atoms with van der Waals surface area (Å²) in [6, 6.07) is 8.31. The third-order valence-electron chi connectivity index (χ3n) is 5.67. The maximum Gasteiger partial charge on any atom is 0.419 e. The van der Waals surface area contributed by atoms with Crippen molar-refractivity contribution in [1.82, 2.24) is 10.6 Å². The van der Waals surface area contributed by atoms with Gasteiger partial charge in [-0.25, -0.2) is 4.99 Å². The van der Waals surface area contributed by atoms with E-state index in [2.05, 4.69) is 15.6 Å². The number of alkyl halides is 6. The molecule has 35 heavy (non-hydrogen) atoms. The lowest BCUT2D eigenvalue weighted by atomic mass is 10.0. The zero-order chi connectivity index (χ0) is 25.1. The van der Waals surface area contributed by atoms with Gasteiger partial charge in [0.05, 0.1) is 22.9 Å². The lowest BCUT2D eigenvalue weighted by Crippen LogP contribution is -2.42. The van der Waals surface area contributed by atoms with Crippen LogP contribution in [0.15, 0.2) is 59.6 Å². The van der Waals surface area contributed by atoms with Gasteiger partial charge < -0.3 is 15.4 Å². The number of halogens is 6. The molecular weight excluding hydrogens is 472 g/mol. The second kappa shape index (κ2) is 10.2. The Balaban J connectivity index is 1.47. The van der Waals surface area contributed by atoms with E-state index in [1.165, 1.54) is 36.4 Å². The van der Waals surface area contributed by atoms with E-state index in [4.69, 9.17) is 4.74 Å². The predicted octanol–water partition coefficient (Wildman–Crippen LogP) is 5.91. The van der Waals surface area contributed by atoms with Crippen molar-refractivity contribution in [3.05, 3.63) is 76.9 Å². The maximum absolute atomic E-state index is 13.8. The van der Waals surface area contributed by atoms with Crippen LogP contribution >= 0.6 is 0 Å². The molecule has 1 fully saturated rings. The number of ether oxygens (including phenoxy) is 1. The molecule has 2 aromatic rings. The molecule has 2 N–H and O–H groups in total. The molecule has 1 unspecified atom stereocenters. The van der Waals surface area contributed by atoms with Crippen LogP contribution in [0, 0.1) is 0 Å². The zero-order valence-electron chi connectivity index (χ0n) is 18.5. The molecule has 2 aliphatic heterocycles. The first-order valence-corrected chi connectivity index (χ1v) is 11.1. The van der Waals surface area contributed by atoms with Crippen molar-refractivity contribution in [3.63, 3.8) is 0 Å². The van der Waals surface area contributed by atoms with Crippen LogP contribution in [-0.4, -0.2) is 31.6 Å². The standard InChI is InChI=1S/C25H23F6N3O/c26-24(27,28)18-8-5-16(6-9-18)3-2-14-35-22-10-7-17(15-19(22)25(29,30)31)20-11-13-33-23(34-20)21-4-1-12-32-21/h2-3,5-11,15,21,32H,1,4,12-14H2,(H,33,34)/b3-2-. The Morgan fingerprint density at radius 1 is 1.00 bits per heavy atom. The van der Waals surface area contributed by atoms with E-state index >= 15 is 0 Å². The van der Waals surface area contributed by atoms with E-state index in [0.29, 0.717) is 23.4 Å². The van der Waals surface area contributed by atoms with Crippen molar-refractivity contribution in [3.8, 4) is 5.75 Å². The van der Waals surface area contributed by atoms with Gasteiger partial charge in [-0.05, 0) is 67.4 Å². The number of rotatable bonds is 6. The Morgan fingerprint density at radius 3 is 2.43 bits per heavy atom. The molecule has 2 heterocycles. The largest absolute Gasteiger partial charge is 0.489 e. The van der Waals surface area contributed by atoms with Crippen molar-refractivity contribution >= 4 is 17.6 Å². The molecule has 2 aromatic carbocycles. The second-order valence-corrected chi connectivity index (χ2v) is 8.16. The quantitative estimate of drug-likeness (QED) is 0.490. The van der Waals surface area contributed by atoms with Gasteiger partial charge in [-0.1, -0.05) is 18.2 Å². The van der Waals surface area contributed by atoms with E-state index in [1.54, 1.807) is 6.08 Å². The highest BCUT2D eigenvalue weighted by Gasteiger charge is 2.35. The lowest BCUT2D eigenvalue weighted by molar-refractivity contribution is -0.139. The third-order valence-corrected chi connectivity index (χ3v) is 5.67. The van der Waals surface area contributed by atoms with Crippen LogP contribution in [0.1, 0.15) is 35.1 Å². The van der Waals surface area contributed by atoms with Gasteiger partial charge in [-0.2, -0.15) is 26.3 Å². The summed E-state index contributed by atoms with van der Waals surface area (Å²) >= 11 is 0. The molecular formula is C25H23F6N3O. The van der Waals surface area contributed by atoms with E-state index in [0.717, 1.165) is 43.4 Å². The normalized spacial score (nSPS) is 18.9. The van der Waals surface area contributed by atoms with Gasteiger partial charge in [0.15, 0.2) is 0 Å². The average molecular weight is 495 g/mol. The molecule has 10 heteroatoms. The Morgan fingerprint density at radius 2 is 1.77 bits per heavy atom. The Bertz CT molecular complexity index is 1130. The van der Waals surface area contributed by atoms with Crippen LogP contribution in [0.4, 0.5) is 26.3 Å². The zero-order valence-corrected chi connectivity index (χ0v) is 18.5. The molecule has 2 aliphatic rings. The fraction of sp³-hybridized carbons (Fsp3) is 0.320. The van der Waals surface area contributed by atoms with E-state index in [1.807, 2.05) is 0 Å². The van der Waals surface area contributed by atoms with Crippen molar-refractivity contribution in [2.75, 3.05) is 19.7 Å². The number of hydrogen-bond acceptors (Lipinski definition) is 4. The van der Waals surface area contributed by atoms with Gasteiger partial charge in [0.1, 0.15) is 18.2 Å². The van der Waals surface area contributed by atoms with E-state index in [9.17, 15) is 26.3 Å². The Kier molecular flexibility index (Phi) is 7.20. The van der Waals surface area contributed by atoms with Crippen molar-refractivity contribution in [2.24, 2.45) is 4.99 Å². The van der Waals surface area contributed by atoms with Crippen LogP contribution in [0.2, 0.25) is 0 Å². The molecule has 1 atom stereocenters. The highest BCUT2D eigenvalue weighted by Crippen LogP contribution is 2.38. The second-order valence-electron chi connectivity index (χ2n) is 8.16. The molecule has 0 aliphatic carbocycles. The molecule has 0 spiro atoms. The molecule has 4 rings (SSSR count). The van der Waals surface area contributed by atoms with Crippen LogP contribution in [0.3, 0.4) is 0 Å². The van der Waals surface area contributed by atoms with Gasteiger partial charge >= 0.3 is 12.4 Å². The molecule has 1 saturated heterocycles. The van der Waals surface area contributed by atoms with Crippen LogP contribution in [-0.2, 0) is 12.4 Å². The highest BCUT2D eigenvalue weighted by atomic mass is 19.4. The van der Waals surface area contributed by atoms with Gasteiger partial charge in [-0.15, -0.1) is 0 Å². The van der Waals surface area contributed by atoms with E-state index in [-0.39, 0.29) is 18.4 Å². The van der Waals surface area contributed by atoms with Crippen LogP contribution in [0.5, 0.6) is 5.75 Å². The lowest BCUT2D eigenvalue weighted by Gasteiger charge is -2.21. The first-order valence-electron chi connectivity index (χ1n) is 11.1. The van der Waals surface area contributed by atoms with Crippen molar-refractivity contribution in [2.45, 2.75) is 31.2 Å². The SMILES string of the molecule is FC(F)(F)c1ccc(/C=C\COc2ccc(C3=CCNC(C4CCCN4)=N3)cc2C(F)(F)F)cc1. The summed E-state index contributed by atoms with van der Waals surface area (Å²) in [4.78, 5) is 4.53. The summed E-state index contributed by atoms with van der Waals surface area (Å²) in [5.74, 6) is 0.386. The fourth-order valence-electron chi connectivity index (χ4n) is 3.91. The topological polar surface area (TPSA) is 45.6 Å². The Labute approximate surface area is 198 Å². The summed E-state index contributed by atoms with van der Waals surface area (Å²) in [6.45, 7) is 1.16. The summed E-state index contributed by atoms with van der Waals surface area (Å²) in [5.41, 5.74) is -0.432. The molecule has 0 saturated carbocycles. The molecule has 4 nitrogen and oxygen atoms in total. The van der Waals surface area contributed by atoms with E-state index < -0.39 is 23.5 Å². The smallest absolute Gasteiger partial charge is 0.419 e. The molecule has 0 bridgehead atoms. The Hall–Kier alpha value is -3.27. The predicted molar refractivity (Wildman–Crippen MR) is 122 cm³/mol. The number of benzene rings is 2. The molecule has 0 amide bonds. The van der Waals surface area contributed by atoms with Gasteiger partial charge in [-0.3, -0.25) is 0 Å². The first kappa shape index (κ1) is 24.8. The number of hydrogen-bond donors (Lipinski definition) is 2. The van der Waals surface area contributed by atoms with Gasteiger partial charge in [0, 0.05) is 12.1 Å². The number of aliphatic imine (C=N–C) groups is 1. The molecule has 186 valence electrons. The third kappa shape index (κ3) is 6.25. The minimum Gasteiger partial charge on any atom is -0.489 e. The number of amidine groups is 1. The summed E-state index contributed by atoms with van der Waals surface area (Å²) < 4.78 is 84.5. The number of nitrogens with zero attached hydrogens (tertiary/aromatic N) is 1. The van der Waals surface area contributed by atoms with Crippen LogP contribution in [0.25, 0.3) is 11.8 Å². The monoisotopic (exact) mass is 495 g/mol. The van der Waals surface area contributed by atoms with Gasteiger partial charge in [0.2, 0.25) is 0 Å². The summed E-state index contributed by atoms with van der Waals surface area (Å²) in [7, 11) is 0. The average Bonchev–Trinajstić information content (AvgIpc) is 3.36. The summed E-state index contributed by atoms with van der Waals surface area (Å²) in [6.07, 6.45) is -2.49.